The Bertz CT molecular complexity index is 517. The molecule has 2 rings (SSSR count). The van der Waals surface area contributed by atoms with Crippen molar-refractivity contribution in [2.45, 2.75) is 26.7 Å². The van der Waals surface area contributed by atoms with Gasteiger partial charge in [0.25, 0.3) is 0 Å². The number of nitrogens with one attached hydrogen (secondary N) is 2. The summed E-state index contributed by atoms with van der Waals surface area (Å²) >= 11 is 0. The number of allylic oxidation sites excluding steroid dienone is 2. The van der Waals surface area contributed by atoms with Gasteiger partial charge < -0.3 is 0 Å². The van der Waals surface area contributed by atoms with Crippen LogP contribution in [0, 0.1) is 0 Å². The number of aromatic nitrogens is 2. The van der Waals surface area contributed by atoms with Gasteiger partial charge in [0.2, 0.25) is 0 Å². The highest BCUT2D eigenvalue weighted by Gasteiger charge is 2.15. The zero-order valence-electron chi connectivity index (χ0n) is 11.2. The van der Waals surface area contributed by atoms with Crippen LogP contribution >= 0.6 is 0 Å². The van der Waals surface area contributed by atoms with E-state index in [1.54, 1.807) is 0 Å². The van der Waals surface area contributed by atoms with Gasteiger partial charge in [-0.3, -0.25) is 10.00 Å². The van der Waals surface area contributed by atoms with Crippen molar-refractivity contribution in [3.8, 4) is 0 Å². The smallest absolute Gasteiger partial charge is 0.273 e. The summed E-state index contributed by atoms with van der Waals surface area (Å²) in [4.78, 5) is 0. The van der Waals surface area contributed by atoms with Crippen LogP contribution in [0.15, 0.2) is 23.5 Å². The minimum atomic E-state index is 0.833. The largest absolute Gasteiger partial charge is 0.443 e. The van der Waals surface area contributed by atoms with E-state index in [1.807, 2.05) is 30.2 Å². The van der Waals surface area contributed by atoms with E-state index in [4.69, 9.17) is 0 Å². The second-order valence-electron chi connectivity index (χ2n) is 4.37. The average molecular weight is 246 g/mol. The van der Waals surface area contributed by atoms with E-state index in [0.29, 0.717) is 0 Å². The minimum Gasteiger partial charge on any atom is -0.273 e. The van der Waals surface area contributed by atoms with Gasteiger partial charge in [0.15, 0.2) is 6.21 Å². The maximum atomic E-state index is 4.34. The molecular weight excluding hydrogens is 226 g/mol. The number of hydrogen-bond donors (Lipinski definition) is 2. The molecule has 0 fully saturated rings. The molecule has 0 radical (unpaired) electrons. The van der Waals surface area contributed by atoms with Crippen LogP contribution in [0.5, 0.6) is 0 Å². The number of nitrogens with zero attached hydrogens (tertiary/aromatic N) is 3. The van der Waals surface area contributed by atoms with Crippen molar-refractivity contribution >= 4 is 12.2 Å². The van der Waals surface area contributed by atoms with Crippen molar-refractivity contribution in [3.63, 3.8) is 0 Å². The highest BCUT2D eigenvalue weighted by molar-refractivity contribution is 5.91. The summed E-state index contributed by atoms with van der Waals surface area (Å²) in [5.74, 6) is 0.833. The quantitative estimate of drug-likeness (QED) is 0.753. The Kier molecular flexibility index (Phi) is 3.85. The molecule has 0 unspecified atom stereocenters. The molecule has 1 aromatic rings. The van der Waals surface area contributed by atoms with Crippen LogP contribution in [0.1, 0.15) is 26.0 Å². The molecule has 5 nitrogen and oxygen atoms in total. The van der Waals surface area contributed by atoms with Gasteiger partial charge in [-0.1, -0.05) is 6.92 Å². The normalized spacial score (nSPS) is 14.5. The second-order valence-corrected chi connectivity index (χ2v) is 4.37. The van der Waals surface area contributed by atoms with Crippen molar-refractivity contribution in [2.75, 3.05) is 6.54 Å². The zero-order valence-corrected chi connectivity index (χ0v) is 11.2. The molecule has 0 aliphatic carbocycles. The fourth-order valence-corrected chi connectivity index (χ4v) is 1.93. The third kappa shape index (κ3) is 2.81. The Morgan fingerprint density at radius 3 is 3.00 bits per heavy atom. The summed E-state index contributed by atoms with van der Waals surface area (Å²) in [5, 5.41) is 10.8. The Labute approximate surface area is 107 Å². The summed E-state index contributed by atoms with van der Waals surface area (Å²) in [6.07, 6.45) is 5.65. The van der Waals surface area contributed by atoms with Crippen molar-refractivity contribution in [1.82, 2.24) is 25.1 Å². The first-order valence-corrected chi connectivity index (χ1v) is 6.29. The summed E-state index contributed by atoms with van der Waals surface area (Å²) in [6, 6.07) is 2.03. The lowest BCUT2D eigenvalue weighted by molar-refractivity contribution is 0.691. The van der Waals surface area contributed by atoms with Crippen molar-refractivity contribution in [2.24, 2.45) is 7.05 Å². The average Bonchev–Trinajstić information content (AvgIpc) is 2.77. The molecule has 0 saturated heterocycles. The number of rotatable bonds is 4. The van der Waals surface area contributed by atoms with Crippen molar-refractivity contribution in [3.05, 3.63) is 29.2 Å². The first-order chi connectivity index (χ1) is 8.70. The maximum Gasteiger partial charge on any atom is 0.443 e. The van der Waals surface area contributed by atoms with Gasteiger partial charge in [0, 0.05) is 30.9 Å². The number of guanidine groups is 1. The van der Waals surface area contributed by atoms with E-state index in [1.165, 1.54) is 17.0 Å². The third-order valence-corrected chi connectivity index (χ3v) is 3.08. The van der Waals surface area contributed by atoms with Gasteiger partial charge in [0.1, 0.15) is 0 Å². The van der Waals surface area contributed by atoms with Crippen LogP contribution in [0.2, 0.25) is 0 Å². The molecule has 0 bridgehead atoms. The number of hydrogen-bond acceptors (Lipinski definition) is 3. The van der Waals surface area contributed by atoms with Gasteiger partial charge in [-0.25, -0.2) is 9.98 Å². The standard InChI is InChI=1S/C13H19N5/c1-4-12-10(2)9-15-13(17-12)14-7-5-11-6-8-16-18(11)3/h6,8-9H,4-5,7H2,1-3H3,(H,14,15,17)/p+1. The van der Waals surface area contributed by atoms with E-state index >= 15 is 0 Å². The number of aryl methyl sites for hydroxylation is 1. The van der Waals surface area contributed by atoms with E-state index < -0.39 is 0 Å². The fourth-order valence-electron chi connectivity index (χ4n) is 1.93. The SMILES string of the molecule is CCC1=C(C)C=[N+]=C(NCCc2ccnn2C)N1. The van der Waals surface area contributed by atoms with Gasteiger partial charge >= 0.3 is 5.96 Å². The summed E-state index contributed by atoms with van der Waals surface area (Å²) in [5.41, 5.74) is 3.65. The van der Waals surface area contributed by atoms with Crippen LogP contribution in [0.25, 0.3) is 0 Å². The molecule has 1 aromatic heterocycles. The van der Waals surface area contributed by atoms with Gasteiger partial charge in [-0.2, -0.15) is 5.10 Å². The second kappa shape index (κ2) is 5.56. The molecule has 2 heterocycles. The van der Waals surface area contributed by atoms with Crippen LogP contribution in [-0.4, -0.2) is 28.5 Å². The van der Waals surface area contributed by atoms with Gasteiger partial charge in [0.05, 0.1) is 12.2 Å². The molecule has 0 spiro atoms. The molecule has 0 amide bonds. The van der Waals surface area contributed by atoms with E-state index in [9.17, 15) is 0 Å². The summed E-state index contributed by atoms with van der Waals surface area (Å²) < 4.78 is 6.23. The minimum absolute atomic E-state index is 0.833. The first kappa shape index (κ1) is 12.5. The molecule has 2 N–H and O–H groups in total. The molecule has 0 aromatic carbocycles. The Morgan fingerprint density at radius 2 is 2.33 bits per heavy atom. The lowest BCUT2D eigenvalue weighted by Gasteiger charge is -2.08. The molecule has 1 aliphatic rings. The first-order valence-electron chi connectivity index (χ1n) is 6.29. The molecule has 5 heteroatoms. The molecule has 96 valence electrons. The Hall–Kier alpha value is -2.00. The van der Waals surface area contributed by atoms with E-state index in [0.717, 1.165) is 25.3 Å². The molecule has 18 heavy (non-hydrogen) atoms. The lowest BCUT2D eigenvalue weighted by atomic mass is 10.2. The fraction of sp³-hybridized carbons (Fsp3) is 0.462. The van der Waals surface area contributed by atoms with Gasteiger partial charge in [-0.05, 0) is 19.4 Å². The Balaban J connectivity index is 1.86. The predicted octanol–water partition coefficient (Wildman–Crippen LogP) is 0.333. The van der Waals surface area contributed by atoms with Crippen molar-refractivity contribution in [1.29, 1.82) is 0 Å². The zero-order chi connectivity index (χ0) is 13.0. The summed E-state index contributed by atoms with van der Waals surface area (Å²) in [6.45, 7) is 5.05. The van der Waals surface area contributed by atoms with Gasteiger partial charge in [-0.15, -0.1) is 0 Å². The monoisotopic (exact) mass is 246 g/mol. The van der Waals surface area contributed by atoms with Crippen LogP contribution < -0.4 is 15.3 Å². The topological polar surface area (TPSA) is 56.0 Å². The highest BCUT2D eigenvalue weighted by Crippen LogP contribution is 2.03. The Morgan fingerprint density at radius 1 is 1.50 bits per heavy atom. The maximum absolute atomic E-state index is 4.34. The molecule has 0 saturated carbocycles. The van der Waals surface area contributed by atoms with Crippen LogP contribution in [0.3, 0.4) is 0 Å². The highest BCUT2D eigenvalue weighted by atomic mass is 15.3. The molecule has 1 aliphatic heterocycles. The summed E-state index contributed by atoms with van der Waals surface area (Å²) in [7, 11) is 1.96. The van der Waals surface area contributed by atoms with Crippen molar-refractivity contribution < 1.29 is 0 Å². The molecule has 0 atom stereocenters. The van der Waals surface area contributed by atoms with Crippen LogP contribution in [0.4, 0.5) is 0 Å². The van der Waals surface area contributed by atoms with E-state index in [-0.39, 0.29) is 0 Å². The third-order valence-electron chi connectivity index (χ3n) is 3.08. The predicted molar refractivity (Wildman–Crippen MR) is 74.2 cm³/mol. The lowest BCUT2D eigenvalue weighted by Crippen LogP contribution is -2.41. The van der Waals surface area contributed by atoms with Crippen LogP contribution in [-0.2, 0) is 13.5 Å². The molecular formula is C13H20N5+. The van der Waals surface area contributed by atoms with E-state index in [2.05, 4.69) is 34.2 Å².